The highest BCUT2D eigenvalue weighted by molar-refractivity contribution is 5.77. The van der Waals surface area contributed by atoms with E-state index in [1.807, 2.05) is 0 Å². The van der Waals surface area contributed by atoms with Crippen molar-refractivity contribution in [3.8, 4) is 11.1 Å². The second-order valence-electron chi connectivity index (χ2n) is 6.70. The minimum Gasteiger partial charge on any atom is -0.0802 e. The lowest BCUT2D eigenvalue weighted by Gasteiger charge is -2.17. The molecule has 110 valence electrons. The van der Waals surface area contributed by atoms with Gasteiger partial charge in [0.25, 0.3) is 0 Å². The van der Waals surface area contributed by atoms with E-state index < -0.39 is 0 Å². The predicted molar refractivity (Wildman–Crippen MR) is 94.0 cm³/mol. The maximum absolute atomic E-state index is 2.38. The molecule has 0 amide bonds. The van der Waals surface area contributed by atoms with Gasteiger partial charge in [-0.25, -0.2) is 0 Å². The monoisotopic (exact) mass is 286 g/mol. The third kappa shape index (κ3) is 2.14. The average molecular weight is 286 g/mol. The van der Waals surface area contributed by atoms with E-state index in [0.717, 1.165) is 19.3 Å². The number of benzene rings is 2. The first kappa shape index (κ1) is 13.6. The molecule has 0 spiro atoms. The van der Waals surface area contributed by atoms with E-state index in [1.165, 1.54) is 27.8 Å². The van der Waals surface area contributed by atoms with Crippen LogP contribution in [-0.4, -0.2) is 0 Å². The van der Waals surface area contributed by atoms with Gasteiger partial charge >= 0.3 is 0 Å². The molecule has 0 heterocycles. The van der Waals surface area contributed by atoms with E-state index in [-0.39, 0.29) is 0 Å². The molecule has 2 aromatic carbocycles. The highest BCUT2D eigenvalue weighted by Crippen LogP contribution is 2.39. The lowest BCUT2D eigenvalue weighted by atomic mass is 9.88. The van der Waals surface area contributed by atoms with Crippen LogP contribution in [0.25, 0.3) is 11.1 Å². The maximum Gasteiger partial charge on any atom is -0.00107 e. The summed E-state index contributed by atoms with van der Waals surface area (Å²) < 4.78 is 0. The van der Waals surface area contributed by atoms with E-state index >= 15 is 0 Å². The zero-order valence-corrected chi connectivity index (χ0v) is 13.4. The predicted octanol–water partition coefficient (Wildman–Crippen LogP) is 5.71. The summed E-state index contributed by atoms with van der Waals surface area (Å²) in [6.07, 6.45) is 7.97. The van der Waals surface area contributed by atoms with Crippen molar-refractivity contribution in [1.82, 2.24) is 0 Å². The summed E-state index contributed by atoms with van der Waals surface area (Å²) in [5.41, 5.74) is 10.6. The van der Waals surface area contributed by atoms with Crippen LogP contribution in [0.2, 0.25) is 0 Å². The van der Waals surface area contributed by atoms with Gasteiger partial charge in [0.15, 0.2) is 0 Å². The van der Waals surface area contributed by atoms with Crippen molar-refractivity contribution in [2.75, 3.05) is 0 Å². The molecule has 2 aliphatic carbocycles. The molecule has 0 fully saturated rings. The van der Waals surface area contributed by atoms with Crippen LogP contribution in [0.15, 0.2) is 65.8 Å². The minimum atomic E-state index is 0.630. The molecule has 0 saturated carbocycles. The summed E-state index contributed by atoms with van der Waals surface area (Å²) >= 11 is 0. The fourth-order valence-corrected chi connectivity index (χ4v) is 4.09. The molecule has 0 N–H and O–H groups in total. The quantitative estimate of drug-likeness (QED) is 0.578. The normalized spacial score (nSPS) is 16.8. The van der Waals surface area contributed by atoms with Crippen LogP contribution in [0.3, 0.4) is 0 Å². The summed E-state index contributed by atoms with van der Waals surface area (Å²) in [5.74, 6) is 0.630. The molecule has 0 bridgehead atoms. The highest BCUT2D eigenvalue weighted by Gasteiger charge is 2.22. The second kappa shape index (κ2) is 5.28. The van der Waals surface area contributed by atoms with Gasteiger partial charge in [-0.15, -0.1) is 0 Å². The smallest absolute Gasteiger partial charge is 0.00107 e. The molecule has 22 heavy (non-hydrogen) atoms. The topological polar surface area (TPSA) is 0 Å². The van der Waals surface area contributed by atoms with Gasteiger partial charge in [-0.1, -0.05) is 72.7 Å². The van der Waals surface area contributed by atoms with E-state index in [4.69, 9.17) is 0 Å². The zero-order valence-electron chi connectivity index (χ0n) is 13.4. The van der Waals surface area contributed by atoms with Crippen molar-refractivity contribution < 1.29 is 0 Å². The lowest BCUT2D eigenvalue weighted by molar-refractivity contribution is 0.658. The molecule has 2 aliphatic rings. The summed E-state index contributed by atoms with van der Waals surface area (Å²) in [6.45, 7) is 4.63. The Morgan fingerprint density at radius 2 is 1.82 bits per heavy atom. The van der Waals surface area contributed by atoms with Gasteiger partial charge in [0.05, 0.1) is 0 Å². The van der Waals surface area contributed by atoms with Gasteiger partial charge in [-0.05, 0) is 59.9 Å². The molecular formula is C22H22. The van der Waals surface area contributed by atoms with Crippen LogP contribution >= 0.6 is 0 Å². The van der Waals surface area contributed by atoms with E-state index in [2.05, 4.69) is 68.5 Å². The summed E-state index contributed by atoms with van der Waals surface area (Å²) in [5, 5.41) is 0. The first-order valence-corrected chi connectivity index (χ1v) is 8.29. The molecule has 0 radical (unpaired) electrons. The SMILES string of the molecule is CC1=C(C(C)Cc2cccc3c2Cc2ccccc2-3)CC=C1. The fourth-order valence-electron chi connectivity index (χ4n) is 4.09. The summed E-state index contributed by atoms with van der Waals surface area (Å²) in [4.78, 5) is 0. The second-order valence-corrected chi connectivity index (χ2v) is 6.70. The standard InChI is InChI=1S/C22H22/c1-15-7-5-11-19(15)16(2)13-17-9-6-12-21-20-10-4-3-8-18(20)14-22(17)21/h3-10,12,16H,11,13-14H2,1-2H3. The fraction of sp³-hybridized carbons (Fsp3) is 0.273. The van der Waals surface area contributed by atoms with Crippen molar-refractivity contribution in [1.29, 1.82) is 0 Å². The van der Waals surface area contributed by atoms with Crippen molar-refractivity contribution in [3.63, 3.8) is 0 Å². The Morgan fingerprint density at radius 3 is 2.64 bits per heavy atom. The molecule has 0 heteroatoms. The highest BCUT2D eigenvalue weighted by atomic mass is 14.3. The molecule has 1 unspecified atom stereocenters. The van der Waals surface area contributed by atoms with Crippen LogP contribution in [-0.2, 0) is 12.8 Å². The third-order valence-electron chi connectivity index (χ3n) is 5.28. The lowest BCUT2D eigenvalue weighted by Crippen LogP contribution is -2.06. The van der Waals surface area contributed by atoms with Crippen LogP contribution in [0, 0.1) is 5.92 Å². The van der Waals surface area contributed by atoms with Crippen LogP contribution in [0.5, 0.6) is 0 Å². The number of rotatable bonds is 3. The first-order valence-electron chi connectivity index (χ1n) is 8.29. The largest absolute Gasteiger partial charge is 0.0802 e. The van der Waals surface area contributed by atoms with Gasteiger partial charge in [-0.3, -0.25) is 0 Å². The maximum atomic E-state index is 2.38. The van der Waals surface area contributed by atoms with Gasteiger partial charge in [0.2, 0.25) is 0 Å². The van der Waals surface area contributed by atoms with Crippen molar-refractivity contribution >= 4 is 0 Å². The third-order valence-corrected chi connectivity index (χ3v) is 5.28. The number of hydrogen-bond acceptors (Lipinski definition) is 0. The Kier molecular flexibility index (Phi) is 3.26. The molecule has 0 saturated heterocycles. The van der Waals surface area contributed by atoms with Gasteiger partial charge in [0, 0.05) is 0 Å². The van der Waals surface area contributed by atoms with Crippen molar-refractivity contribution in [3.05, 3.63) is 82.5 Å². The first-order chi connectivity index (χ1) is 10.7. The molecule has 2 aromatic rings. The summed E-state index contributed by atoms with van der Waals surface area (Å²) in [6, 6.07) is 15.7. The number of allylic oxidation sites excluding steroid dienone is 4. The zero-order chi connectivity index (χ0) is 15.1. The molecular weight excluding hydrogens is 264 g/mol. The minimum absolute atomic E-state index is 0.630. The average Bonchev–Trinajstić information content (AvgIpc) is 3.11. The van der Waals surface area contributed by atoms with Crippen LogP contribution < -0.4 is 0 Å². The van der Waals surface area contributed by atoms with E-state index in [0.29, 0.717) is 5.92 Å². The van der Waals surface area contributed by atoms with Crippen molar-refractivity contribution in [2.24, 2.45) is 5.92 Å². The number of fused-ring (bicyclic) bond motifs is 3. The molecule has 0 nitrogen and oxygen atoms in total. The van der Waals surface area contributed by atoms with Crippen molar-refractivity contribution in [2.45, 2.75) is 33.1 Å². The summed E-state index contributed by atoms with van der Waals surface area (Å²) in [7, 11) is 0. The van der Waals surface area contributed by atoms with E-state index in [9.17, 15) is 0 Å². The molecule has 4 rings (SSSR count). The number of hydrogen-bond donors (Lipinski definition) is 0. The Morgan fingerprint density at radius 1 is 1.00 bits per heavy atom. The van der Waals surface area contributed by atoms with Crippen LogP contribution in [0.4, 0.5) is 0 Å². The molecule has 1 atom stereocenters. The van der Waals surface area contributed by atoms with Gasteiger partial charge in [0.1, 0.15) is 0 Å². The Balaban J connectivity index is 1.67. The Hall–Kier alpha value is -2.08. The molecule has 0 aliphatic heterocycles. The van der Waals surface area contributed by atoms with E-state index in [1.54, 1.807) is 11.1 Å². The molecule has 0 aromatic heterocycles. The van der Waals surface area contributed by atoms with Gasteiger partial charge in [-0.2, -0.15) is 0 Å². The van der Waals surface area contributed by atoms with Gasteiger partial charge < -0.3 is 0 Å². The Bertz CT molecular complexity index is 789. The Labute approximate surface area is 133 Å². The van der Waals surface area contributed by atoms with Crippen LogP contribution in [0.1, 0.15) is 37.0 Å².